The number of hydrogen-bond donors (Lipinski definition) is 1. The number of nitrogens with one attached hydrogen (secondary N) is 1. The summed E-state index contributed by atoms with van der Waals surface area (Å²) in [6.45, 7) is 2.03. The number of pyridine rings is 1. The molecule has 0 aliphatic carbocycles. The molecular formula is C19H22ClN3O2. The summed E-state index contributed by atoms with van der Waals surface area (Å²) in [5.41, 5.74) is 2.16. The second-order valence-corrected chi connectivity index (χ2v) is 6.54. The first kappa shape index (κ1) is 17.5. The van der Waals surface area contributed by atoms with Gasteiger partial charge in [-0.1, -0.05) is 24.4 Å². The molecule has 2 heterocycles. The molecular weight excluding hydrogens is 338 g/mol. The molecule has 1 aromatic carbocycles. The van der Waals surface area contributed by atoms with Crippen molar-refractivity contribution >= 4 is 28.9 Å². The van der Waals surface area contributed by atoms with Gasteiger partial charge in [0.25, 0.3) is 5.91 Å². The van der Waals surface area contributed by atoms with Crippen molar-refractivity contribution < 1.29 is 9.53 Å². The van der Waals surface area contributed by atoms with E-state index in [1.807, 2.05) is 12.3 Å². The third-order valence-corrected chi connectivity index (χ3v) is 4.66. The number of benzene rings is 1. The highest BCUT2D eigenvalue weighted by Gasteiger charge is 2.14. The molecule has 1 N–H and O–H groups in total. The van der Waals surface area contributed by atoms with Crippen molar-refractivity contribution in [2.24, 2.45) is 0 Å². The second-order valence-electron chi connectivity index (χ2n) is 6.14. The fourth-order valence-corrected chi connectivity index (χ4v) is 3.26. The maximum Gasteiger partial charge on any atom is 0.257 e. The fraction of sp³-hybridized carbons (Fsp3) is 0.368. The highest BCUT2D eigenvalue weighted by atomic mass is 35.5. The summed E-state index contributed by atoms with van der Waals surface area (Å²) in [4.78, 5) is 19.1. The van der Waals surface area contributed by atoms with Crippen LogP contribution >= 0.6 is 11.6 Å². The number of aromatic nitrogens is 1. The van der Waals surface area contributed by atoms with Gasteiger partial charge in [-0.25, -0.2) is 0 Å². The van der Waals surface area contributed by atoms with Gasteiger partial charge in [0.2, 0.25) is 0 Å². The number of halogens is 1. The Hall–Kier alpha value is -2.27. The molecule has 6 heteroatoms. The average molecular weight is 360 g/mol. The Morgan fingerprint density at radius 3 is 2.60 bits per heavy atom. The largest absolute Gasteiger partial charge is 0.495 e. The third kappa shape index (κ3) is 4.42. The van der Waals surface area contributed by atoms with Crippen molar-refractivity contribution in [3.8, 4) is 5.75 Å². The topological polar surface area (TPSA) is 54.5 Å². The molecule has 1 aliphatic rings. The van der Waals surface area contributed by atoms with E-state index >= 15 is 0 Å². The standard InChI is InChI=1S/C19H22ClN3O2/c1-25-18-7-6-15(11-17(18)20)22-19(24)14-10-16(13-21-12-14)23-8-4-2-3-5-9-23/h6-7,10-13H,2-5,8-9H2,1H3,(H,22,24). The van der Waals surface area contributed by atoms with Crippen molar-refractivity contribution in [2.45, 2.75) is 25.7 Å². The molecule has 1 aromatic heterocycles. The van der Waals surface area contributed by atoms with E-state index in [0.29, 0.717) is 22.0 Å². The van der Waals surface area contributed by atoms with Gasteiger partial charge < -0.3 is 15.0 Å². The van der Waals surface area contributed by atoms with E-state index in [1.54, 1.807) is 31.5 Å². The summed E-state index contributed by atoms with van der Waals surface area (Å²) in [6, 6.07) is 7.06. The van der Waals surface area contributed by atoms with E-state index in [0.717, 1.165) is 18.8 Å². The predicted octanol–water partition coefficient (Wildman–Crippen LogP) is 4.38. The Labute approximate surface area is 153 Å². The predicted molar refractivity (Wildman–Crippen MR) is 101 cm³/mol. The molecule has 5 nitrogen and oxygen atoms in total. The first-order valence-corrected chi connectivity index (χ1v) is 8.90. The van der Waals surface area contributed by atoms with Gasteiger partial charge in [0.15, 0.2) is 0 Å². The van der Waals surface area contributed by atoms with Gasteiger partial charge in [0.05, 0.1) is 29.6 Å². The number of amides is 1. The normalized spacial score (nSPS) is 14.7. The quantitative estimate of drug-likeness (QED) is 0.880. The minimum absolute atomic E-state index is 0.203. The number of nitrogens with zero attached hydrogens (tertiary/aromatic N) is 2. The van der Waals surface area contributed by atoms with E-state index < -0.39 is 0 Å². The molecule has 1 amide bonds. The number of carbonyl (C=O) groups excluding carboxylic acids is 1. The highest BCUT2D eigenvalue weighted by Crippen LogP contribution is 2.27. The maximum atomic E-state index is 12.5. The van der Waals surface area contributed by atoms with Gasteiger partial charge in [-0.3, -0.25) is 9.78 Å². The van der Waals surface area contributed by atoms with Crippen LogP contribution in [-0.2, 0) is 0 Å². The highest BCUT2D eigenvalue weighted by molar-refractivity contribution is 6.32. The van der Waals surface area contributed by atoms with E-state index in [1.165, 1.54) is 25.7 Å². The zero-order valence-electron chi connectivity index (χ0n) is 14.3. The van der Waals surface area contributed by atoms with E-state index in [4.69, 9.17) is 16.3 Å². The first-order chi connectivity index (χ1) is 12.2. The lowest BCUT2D eigenvalue weighted by Crippen LogP contribution is -2.24. The van der Waals surface area contributed by atoms with Crippen LogP contribution in [0.3, 0.4) is 0 Å². The van der Waals surface area contributed by atoms with Crippen molar-refractivity contribution in [1.82, 2.24) is 4.98 Å². The zero-order chi connectivity index (χ0) is 17.6. The Balaban J connectivity index is 1.73. The van der Waals surface area contributed by atoms with Crippen LogP contribution in [0.5, 0.6) is 5.75 Å². The Kier molecular flexibility index (Phi) is 5.76. The molecule has 3 rings (SSSR count). The van der Waals surface area contributed by atoms with Crippen LogP contribution in [-0.4, -0.2) is 31.1 Å². The summed E-state index contributed by atoms with van der Waals surface area (Å²) in [5, 5.41) is 3.31. The zero-order valence-corrected chi connectivity index (χ0v) is 15.1. The van der Waals surface area contributed by atoms with E-state index in [9.17, 15) is 4.79 Å². The van der Waals surface area contributed by atoms with Crippen molar-refractivity contribution in [1.29, 1.82) is 0 Å². The summed E-state index contributed by atoms with van der Waals surface area (Å²) >= 11 is 6.11. The van der Waals surface area contributed by atoms with Gasteiger partial charge in [0, 0.05) is 25.0 Å². The minimum atomic E-state index is -0.203. The Morgan fingerprint density at radius 2 is 1.92 bits per heavy atom. The summed E-state index contributed by atoms with van der Waals surface area (Å²) < 4.78 is 5.12. The van der Waals surface area contributed by atoms with Crippen LogP contribution in [0.1, 0.15) is 36.0 Å². The summed E-state index contributed by atoms with van der Waals surface area (Å²) in [6.07, 6.45) is 8.31. The van der Waals surface area contributed by atoms with Crippen molar-refractivity contribution in [3.05, 3.63) is 47.2 Å². The molecule has 25 heavy (non-hydrogen) atoms. The molecule has 0 spiro atoms. The van der Waals surface area contributed by atoms with E-state index in [2.05, 4.69) is 15.2 Å². The van der Waals surface area contributed by atoms with Gasteiger partial charge in [-0.05, 0) is 37.1 Å². The van der Waals surface area contributed by atoms with Gasteiger partial charge in [0.1, 0.15) is 5.75 Å². The molecule has 132 valence electrons. The minimum Gasteiger partial charge on any atom is -0.495 e. The molecule has 1 saturated heterocycles. The lowest BCUT2D eigenvalue weighted by molar-refractivity contribution is 0.102. The molecule has 0 saturated carbocycles. The van der Waals surface area contributed by atoms with Crippen molar-refractivity contribution in [2.75, 3.05) is 30.4 Å². The molecule has 1 aliphatic heterocycles. The molecule has 0 unspecified atom stereocenters. The number of rotatable bonds is 4. The Morgan fingerprint density at radius 1 is 1.16 bits per heavy atom. The van der Waals surface area contributed by atoms with Crippen LogP contribution in [0.25, 0.3) is 0 Å². The second kappa shape index (κ2) is 8.21. The lowest BCUT2D eigenvalue weighted by atomic mass is 10.2. The first-order valence-electron chi connectivity index (χ1n) is 8.52. The Bertz CT molecular complexity index is 743. The summed E-state index contributed by atoms with van der Waals surface area (Å²) in [7, 11) is 1.56. The molecule has 0 atom stereocenters. The number of hydrogen-bond acceptors (Lipinski definition) is 4. The van der Waals surface area contributed by atoms with Crippen LogP contribution in [0.15, 0.2) is 36.7 Å². The number of carbonyl (C=O) groups is 1. The van der Waals surface area contributed by atoms with Crippen LogP contribution in [0.2, 0.25) is 5.02 Å². The smallest absolute Gasteiger partial charge is 0.257 e. The average Bonchev–Trinajstić information content (AvgIpc) is 2.91. The van der Waals surface area contributed by atoms with Crippen LogP contribution in [0, 0.1) is 0 Å². The molecule has 0 bridgehead atoms. The third-order valence-electron chi connectivity index (χ3n) is 4.37. The molecule has 0 radical (unpaired) electrons. The fourth-order valence-electron chi connectivity index (χ4n) is 3.00. The molecule has 1 fully saturated rings. The van der Waals surface area contributed by atoms with Gasteiger partial charge in [-0.2, -0.15) is 0 Å². The monoisotopic (exact) mass is 359 g/mol. The van der Waals surface area contributed by atoms with Crippen LogP contribution in [0.4, 0.5) is 11.4 Å². The maximum absolute atomic E-state index is 12.5. The van der Waals surface area contributed by atoms with Crippen LogP contribution < -0.4 is 15.0 Å². The summed E-state index contributed by atoms with van der Waals surface area (Å²) in [5.74, 6) is 0.370. The van der Waals surface area contributed by atoms with Crippen molar-refractivity contribution in [3.63, 3.8) is 0 Å². The number of ether oxygens (including phenoxy) is 1. The van der Waals surface area contributed by atoms with E-state index in [-0.39, 0.29) is 5.91 Å². The van der Waals surface area contributed by atoms with Gasteiger partial charge >= 0.3 is 0 Å². The lowest BCUT2D eigenvalue weighted by Gasteiger charge is -2.22. The molecule has 2 aromatic rings. The van der Waals surface area contributed by atoms with Gasteiger partial charge in [-0.15, -0.1) is 0 Å². The SMILES string of the molecule is COc1ccc(NC(=O)c2cncc(N3CCCCCC3)c2)cc1Cl. The number of anilines is 2. The number of methoxy groups -OCH3 is 1.